The van der Waals surface area contributed by atoms with Crippen molar-refractivity contribution in [1.82, 2.24) is 4.57 Å². The summed E-state index contributed by atoms with van der Waals surface area (Å²) in [5.74, 6) is -0.0791. The van der Waals surface area contributed by atoms with Gasteiger partial charge in [0.05, 0.1) is 10.4 Å². The summed E-state index contributed by atoms with van der Waals surface area (Å²) in [6, 6.07) is 6.60. The molecule has 4 nitrogen and oxygen atoms in total. The van der Waals surface area contributed by atoms with E-state index in [2.05, 4.69) is 0 Å². The van der Waals surface area contributed by atoms with Crippen LogP contribution in [-0.4, -0.2) is 25.1 Å². The molecule has 0 atom stereocenters. The fourth-order valence-electron chi connectivity index (χ4n) is 1.98. The lowest BCUT2D eigenvalue weighted by atomic mass is 10.2. The van der Waals surface area contributed by atoms with Crippen LogP contribution in [0.1, 0.15) is 17.4 Å². The second-order valence-electron chi connectivity index (χ2n) is 4.13. The summed E-state index contributed by atoms with van der Waals surface area (Å²) >= 11 is 0. The first kappa shape index (κ1) is 11.9. The Balaban J connectivity index is 2.79. The van der Waals surface area contributed by atoms with Crippen molar-refractivity contribution in [1.29, 1.82) is 0 Å². The summed E-state index contributed by atoms with van der Waals surface area (Å²) in [4.78, 5) is 11.7. The molecule has 0 aliphatic rings. The number of fused-ring (bicyclic) bond motifs is 1. The maximum Gasteiger partial charge on any atom is 0.228 e. The maximum atomic E-state index is 11.5. The van der Waals surface area contributed by atoms with Crippen LogP contribution in [-0.2, 0) is 9.84 Å². The fraction of sp³-hybridized carbons (Fsp3) is 0.250. The molecule has 0 N–H and O–H groups in total. The Bertz CT molecular complexity index is 711. The van der Waals surface area contributed by atoms with E-state index in [0.717, 1.165) is 16.6 Å². The molecule has 0 spiro atoms. The summed E-state index contributed by atoms with van der Waals surface area (Å²) in [5, 5.41) is 0.764. The summed E-state index contributed by atoms with van der Waals surface area (Å²) in [6.45, 7) is 3.30. The van der Waals surface area contributed by atoms with Crippen molar-refractivity contribution >= 4 is 26.6 Å². The molecular weight excluding hydrogens is 238 g/mol. The third kappa shape index (κ3) is 1.98. The maximum absolute atomic E-state index is 11.5. The Kier molecular flexibility index (Phi) is 2.58. The van der Waals surface area contributed by atoms with Crippen molar-refractivity contribution in [3.8, 4) is 0 Å². The van der Waals surface area contributed by atoms with Gasteiger partial charge < -0.3 is 0 Å². The van der Waals surface area contributed by atoms with Crippen LogP contribution in [0.3, 0.4) is 0 Å². The lowest BCUT2D eigenvalue weighted by Gasteiger charge is -2.03. The molecule has 0 aliphatic heterocycles. The zero-order chi connectivity index (χ0) is 12.8. The second-order valence-corrected chi connectivity index (χ2v) is 6.15. The van der Waals surface area contributed by atoms with Gasteiger partial charge in [-0.3, -0.25) is 9.36 Å². The highest BCUT2D eigenvalue weighted by Crippen LogP contribution is 2.22. The van der Waals surface area contributed by atoms with E-state index in [1.807, 2.05) is 13.0 Å². The highest BCUT2D eigenvalue weighted by Gasteiger charge is 2.12. The molecule has 2 rings (SSSR count). The van der Waals surface area contributed by atoms with E-state index in [9.17, 15) is 13.2 Å². The molecule has 0 radical (unpaired) electrons. The number of hydrogen-bond acceptors (Lipinski definition) is 3. The predicted molar refractivity (Wildman–Crippen MR) is 66.1 cm³/mol. The molecule has 0 bridgehead atoms. The van der Waals surface area contributed by atoms with E-state index in [-0.39, 0.29) is 10.8 Å². The normalized spacial score (nSPS) is 11.9. The van der Waals surface area contributed by atoms with Gasteiger partial charge in [0.25, 0.3) is 0 Å². The third-order valence-electron chi connectivity index (χ3n) is 2.70. The molecule has 0 saturated carbocycles. The van der Waals surface area contributed by atoms with E-state index in [4.69, 9.17) is 0 Å². The lowest BCUT2D eigenvalue weighted by Crippen LogP contribution is -2.06. The highest BCUT2D eigenvalue weighted by molar-refractivity contribution is 7.90. The molecule has 1 aromatic heterocycles. The minimum absolute atomic E-state index is 0.0791. The molecule has 0 saturated heterocycles. The number of rotatable bonds is 1. The monoisotopic (exact) mass is 251 g/mol. The zero-order valence-corrected chi connectivity index (χ0v) is 10.7. The number of benzene rings is 1. The average Bonchev–Trinajstić information content (AvgIpc) is 2.50. The highest BCUT2D eigenvalue weighted by atomic mass is 32.2. The van der Waals surface area contributed by atoms with E-state index < -0.39 is 9.84 Å². The predicted octanol–water partition coefficient (Wildman–Crippen LogP) is 2.01. The zero-order valence-electron chi connectivity index (χ0n) is 9.89. The number of sulfone groups is 1. The Morgan fingerprint density at radius 2 is 1.88 bits per heavy atom. The summed E-state index contributed by atoms with van der Waals surface area (Å²) in [7, 11) is -3.21. The van der Waals surface area contributed by atoms with Crippen LogP contribution < -0.4 is 0 Å². The minimum atomic E-state index is -3.21. The van der Waals surface area contributed by atoms with E-state index in [1.165, 1.54) is 19.2 Å². The van der Waals surface area contributed by atoms with Crippen LogP contribution in [0, 0.1) is 6.92 Å². The van der Waals surface area contributed by atoms with Crippen molar-refractivity contribution < 1.29 is 13.2 Å². The van der Waals surface area contributed by atoms with Gasteiger partial charge >= 0.3 is 0 Å². The van der Waals surface area contributed by atoms with Gasteiger partial charge in [-0.1, -0.05) is 0 Å². The first-order valence-corrected chi connectivity index (χ1v) is 7.03. The van der Waals surface area contributed by atoms with Gasteiger partial charge in [-0.15, -0.1) is 0 Å². The van der Waals surface area contributed by atoms with Crippen molar-refractivity contribution in [2.24, 2.45) is 0 Å². The first-order chi connectivity index (χ1) is 7.80. The van der Waals surface area contributed by atoms with Crippen molar-refractivity contribution in [2.75, 3.05) is 6.26 Å². The first-order valence-electron chi connectivity index (χ1n) is 5.14. The van der Waals surface area contributed by atoms with Gasteiger partial charge in [-0.2, -0.15) is 0 Å². The minimum Gasteiger partial charge on any atom is -0.285 e. The lowest BCUT2D eigenvalue weighted by molar-refractivity contribution is 0.0940. The molecule has 1 aromatic carbocycles. The van der Waals surface area contributed by atoms with Crippen LogP contribution in [0.5, 0.6) is 0 Å². The SMILES string of the molecule is CC(=O)n1c(C)cc2cc(S(C)(=O)=O)ccc21. The van der Waals surface area contributed by atoms with E-state index >= 15 is 0 Å². The number of aryl methyl sites for hydroxylation is 1. The van der Waals surface area contributed by atoms with Gasteiger partial charge in [-0.05, 0) is 31.2 Å². The summed E-state index contributed by atoms with van der Waals surface area (Å²) < 4.78 is 24.4. The van der Waals surface area contributed by atoms with Gasteiger partial charge in [0.2, 0.25) is 5.91 Å². The molecule has 0 aliphatic carbocycles. The fourth-order valence-corrected chi connectivity index (χ4v) is 2.64. The summed E-state index contributed by atoms with van der Waals surface area (Å²) in [5.41, 5.74) is 1.54. The molecule has 17 heavy (non-hydrogen) atoms. The van der Waals surface area contributed by atoms with Crippen molar-refractivity contribution in [2.45, 2.75) is 18.7 Å². The Hall–Kier alpha value is -1.62. The van der Waals surface area contributed by atoms with Gasteiger partial charge in [0, 0.05) is 24.3 Å². The van der Waals surface area contributed by atoms with E-state index in [0.29, 0.717) is 0 Å². The number of hydrogen-bond donors (Lipinski definition) is 0. The van der Waals surface area contributed by atoms with Gasteiger partial charge in [0.1, 0.15) is 0 Å². The van der Waals surface area contributed by atoms with Crippen LogP contribution in [0.2, 0.25) is 0 Å². The molecule has 90 valence electrons. The Morgan fingerprint density at radius 3 is 2.41 bits per heavy atom. The topological polar surface area (TPSA) is 56.1 Å². The van der Waals surface area contributed by atoms with Crippen molar-refractivity contribution in [3.05, 3.63) is 30.0 Å². The standard InChI is InChI=1S/C12H13NO3S/c1-8-6-10-7-11(17(3,15)16)4-5-12(10)13(8)9(2)14/h4-7H,1-3H3. The quantitative estimate of drug-likeness (QED) is 0.779. The largest absolute Gasteiger partial charge is 0.285 e. The molecule has 1 heterocycles. The third-order valence-corrected chi connectivity index (χ3v) is 3.81. The molecule has 0 unspecified atom stereocenters. The number of aromatic nitrogens is 1. The van der Waals surface area contributed by atoms with Gasteiger partial charge in [-0.25, -0.2) is 8.42 Å². The molecular formula is C12H13NO3S. The van der Waals surface area contributed by atoms with Crippen LogP contribution >= 0.6 is 0 Å². The number of carbonyl (C=O) groups is 1. The van der Waals surface area contributed by atoms with Crippen LogP contribution in [0.4, 0.5) is 0 Å². The van der Waals surface area contributed by atoms with Gasteiger partial charge in [0.15, 0.2) is 9.84 Å². The molecule has 5 heteroatoms. The second kappa shape index (κ2) is 3.70. The Labute approximate surface area is 99.8 Å². The number of nitrogens with zero attached hydrogens (tertiary/aromatic N) is 1. The van der Waals surface area contributed by atoms with Crippen molar-refractivity contribution in [3.63, 3.8) is 0 Å². The van der Waals surface area contributed by atoms with Crippen LogP contribution in [0.15, 0.2) is 29.2 Å². The van der Waals surface area contributed by atoms with E-state index in [1.54, 1.807) is 16.7 Å². The number of carbonyl (C=O) groups excluding carboxylic acids is 1. The molecule has 2 aromatic rings. The van der Waals surface area contributed by atoms with Crippen LogP contribution in [0.25, 0.3) is 10.9 Å². The molecule has 0 amide bonds. The average molecular weight is 251 g/mol. The Morgan fingerprint density at radius 1 is 1.24 bits per heavy atom. The molecule has 0 fully saturated rings. The summed E-state index contributed by atoms with van der Waals surface area (Å²) in [6.07, 6.45) is 1.17. The smallest absolute Gasteiger partial charge is 0.228 e.